The molecule has 1 amide bonds. The van der Waals surface area contributed by atoms with Gasteiger partial charge in [-0.15, -0.1) is 0 Å². The normalized spacial score (nSPS) is 21.5. The minimum absolute atomic E-state index is 0.0827. The third kappa shape index (κ3) is 3.17. The number of aliphatic hydroxyl groups excluding tert-OH is 1. The predicted molar refractivity (Wildman–Crippen MR) is 98.4 cm³/mol. The van der Waals surface area contributed by atoms with Crippen molar-refractivity contribution in [3.05, 3.63) is 59.7 Å². The first-order chi connectivity index (χ1) is 13.1. The van der Waals surface area contributed by atoms with Gasteiger partial charge >= 0.3 is 12.1 Å². The van der Waals surface area contributed by atoms with Crippen molar-refractivity contribution in [1.82, 2.24) is 5.32 Å². The van der Waals surface area contributed by atoms with Gasteiger partial charge in [-0.05, 0) is 35.1 Å². The zero-order valence-electron chi connectivity index (χ0n) is 14.7. The quantitative estimate of drug-likeness (QED) is 0.755. The first-order valence-electron chi connectivity index (χ1n) is 9.08. The Morgan fingerprint density at radius 3 is 2.11 bits per heavy atom. The van der Waals surface area contributed by atoms with Crippen LogP contribution in [0.4, 0.5) is 4.79 Å². The number of aliphatic hydroxyl groups is 1. The molecule has 0 aromatic heterocycles. The number of fused-ring (bicyclic) bond motifs is 3. The zero-order valence-corrected chi connectivity index (χ0v) is 14.7. The smallest absolute Gasteiger partial charge is 0.407 e. The molecule has 6 heteroatoms. The third-order valence-corrected chi connectivity index (χ3v) is 5.60. The number of carboxylic acid groups (broad SMARTS) is 1. The first-order valence-corrected chi connectivity index (χ1v) is 9.08. The number of benzene rings is 2. The number of hydrogen-bond donors (Lipinski definition) is 3. The van der Waals surface area contributed by atoms with E-state index in [9.17, 15) is 19.8 Å². The Morgan fingerprint density at radius 2 is 1.63 bits per heavy atom. The van der Waals surface area contributed by atoms with Crippen molar-refractivity contribution in [2.45, 2.75) is 30.9 Å². The van der Waals surface area contributed by atoms with Crippen molar-refractivity contribution < 1.29 is 24.5 Å². The number of alkyl carbamates (subject to hydrolysis) is 1. The highest BCUT2D eigenvalue weighted by Gasteiger charge is 2.41. The molecular weight excluding hydrogens is 346 g/mol. The molecule has 2 aromatic rings. The lowest BCUT2D eigenvalue weighted by Gasteiger charge is -2.36. The molecule has 2 aromatic carbocycles. The minimum Gasteiger partial charge on any atom is -0.480 e. The van der Waals surface area contributed by atoms with E-state index >= 15 is 0 Å². The Bertz CT molecular complexity index is 835. The van der Waals surface area contributed by atoms with Gasteiger partial charge in [0.15, 0.2) is 0 Å². The van der Waals surface area contributed by atoms with Crippen LogP contribution in [0, 0.1) is 5.92 Å². The van der Waals surface area contributed by atoms with Crippen molar-refractivity contribution in [2.75, 3.05) is 6.61 Å². The molecular formula is C21H21NO5. The summed E-state index contributed by atoms with van der Waals surface area (Å²) >= 11 is 0. The van der Waals surface area contributed by atoms with Crippen molar-refractivity contribution in [3.63, 3.8) is 0 Å². The van der Waals surface area contributed by atoms with Gasteiger partial charge in [0, 0.05) is 11.8 Å². The van der Waals surface area contributed by atoms with Crippen molar-refractivity contribution in [3.8, 4) is 11.1 Å². The molecule has 3 N–H and O–H groups in total. The second-order valence-electron chi connectivity index (χ2n) is 7.09. The highest BCUT2D eigenvalue weighted by Crippen LogP contribution is 2.44. The lowest BCUT2D eigenvalue weighted by Crippen LogP contribution is -2.53. The van der Waals surface area contributed by atoms with Crippen LogP contribution in [0.1, 0.15) is 29.9 Å². The maximum absolute atomic E-state index is 12.2. The van der Waals surface area contributed by atoms with Gasteiger partial charge in [-0.2, -0.15) is 0 Å². The highest BCUT2D eigenvalue weighted by molar-refractivity contribution is 5.81. The lowest BCUT2D eigenvalue weighted by atomic mass is 9.77. The average Bonchev–Trinajstić information content (AvgIpc) is 2.98. The summed E-state index contributed by atoms with van der Waals surface area (Å²) in [6, 6.07) is 14.9. The van der Waals surface area contributed by atoms with E-state index in [1.165, 1.54) is 0 Å². The van der Waals surface area contributed by atoms with E-state index in [1.807, 2.05) is 48.5 Å². The maximum Gasteiger partial charge on any atom is 0.407 e. The maximum atomic E-state index is 12.2. The van der Waals surface area contributed by atoms with E-state index in [0.717, 1.165) is 22.3 Å². The second-order valence-corrected chi connectivity index (χ2v) is 7.09. The van der Waals surface area contributed by atoms with E-state index in [2.05, 4.69) is 5.32 Å². The van der Waals surface area contributed by atoms with E-state index in [4.69, 9.17) is 4.74 Å². The summed E-state index contributed by atoms with van der Waals surface area (Å²) in [4.78, 5) is 23.6. The number of hydrogen-bond acceptors (Lipinski definition) is 4. The van der Waals surface area contributed by atoms with Gasteiger partial charge in [0.2, 0.25) is 0 Å². The lowest BCUT2D eigenvalue weighted by molar-refractivity contribution is -0.144. The van der Waals surface area contributed by atoms with E-state index in [1.54, 1.807) is 0 Å². The molecule has 4 rings (SSSR count). The summed E-state index contributed by atoms with van der Waals surface area (Å²) in [5.41, 5.74) is 4.44. The summed E-state index contributed by atoms with van der Waals surface area (Å²) in [6.07, 6.45) is -0.342. The molecule has 2 aliphatic carbocycles. The molecule has 0 aliphatic heterocycles. The predicted octanol–water partition coefficient (Wildman–Crippen LogP) is 2.75. The summed E-state index contributed by atoms with van der Waals surface area (Å²) in [6.45, 7) is 0.124. The molecule has 2 aliphatic rings. The van der Waals surface area contributed by atoms with Crippen LogP contribution in [0.3, 0.4) is 0 Å². The number of carboxylic acids is 1. The molecule has 0 spiro atoms. The van der Waals surface area contributed by atoms with E-state index in [0.29, 0.717) is 12.8 Å². The van der Waals surface area contributed by atoms with Gasteiger partial charge in [-0.1, -0.05) is 48.5 Å². The largest absolute Gasteiger partial charge is 0.480 e. The van der Waals surface area contributed by atoms with Crippen LogP contribution in [-0.4, -0.2) is 41.0 Å². The molecule has 3 atom stereocenters. The van der Waals surface area contributed by atoms with Crippen LogP contribution in [0.15, 0.2) is 48.5 Å². The molecule has 1 saturated carbocycles. The Morgan fingerprint density at radius 1 is 1.04 bits per heavy atom. The minimum atomic E-state index is -1.16. The summed E-state index contributed by atoms with van der Waals surface area (Å²) < 4.78 is 5.38. The molecule has 0 radical (unpaired) electrons. The van der Waals surface area contributed by atoms with Crippen LogP contribution >= 0.6 is 0 Å². The van der Waals surface area contributed by atoms with Crippen LogP contribution < -0.4 is 5.32 Å². The topological polar surface area (TPSA) is 95.9 Å². The highest BCUT2D eigenvalue weighted by atomic mass is 16.5. The van der Waals surface area contributed by atoms with Gasteiger partial charge < -0.3 is 20.3 Å². The molecule has 27 heavy (non-hydrogen) atoms. The first kappa shape index (κ1) is 17.5. The number of aliphatic carboxylic acids is 1. The molecule has 0 heterocycles. The van der Waals surface area contributed by atoms with Gasteiger partial charge in [0.1, 0.15) is 12.6 Å². The van der Waals surface area contributed by atoms with Crippen LogP contribution in [0.2, 0.25) is 0 Å². The number of rotatable bonds is 5. The Labute approximate surface area is 156 Å². The molecule has 0 bridgehead atoms. The number of ether oxygens (including phenoxy) is 1. The fourth-order valence-corrected chi connectivity index (χ4v) is 4.02. The Balaban J connectivity index is 1.45. The van der Waals surface area contributed by atoms with E-state index in [-0.39, 0.29) is 12.5 Å². The standard InChI is InChI=1S/C21H21NO5/c23-18-10-9-16(18)19(20(24)25)22-21(26)27-11-17-14-7-3-1-5-12(14)13-6-2-4-8-15(13)17/h1-8,16-19,23H,9-11H2,(H,22,26)(H,24,25). The van der Waals surface area contributed by atoms with Crippen molar-refractivity contribution in [1.29, 1.82) is 0 Å². The average molecular weight is 367 g/mol. The summed E-state index contributed by atoms with van der Waals surface area (Å²) in [5.74, 6) is -1.71. The molecule has 3 unspecified atom stereocenters. The summed E-state index contributed by atoms with van der Waals surface area (Å²) in [5, 5.41) is 21.4. The van der Waals surface area contributed by atoms with E-state index < -0.39 is 30.1 Å². The number of carbonyl (C=O) groups excluding carboxylic acids is 1. The fraction of sp³-hybridized carbons (Fsp3) is 0.333. The number of carbonyl (C=O) groups is 2. The van der Waals surface area contributed by atoms with Gasteiger partial charge in [-0.25, -0.2) is 9.59 Å². The van der Waals surface area contributed by atoms with Crippen LogP contribution in [0.25, 0.3) is 11.1 Å². The van der Waals surface area contributed by atoms with Crippen molar-refractivity contribution >= 4 is 12.1 Å². The van der Waals surface area contributed by atoms with Crippen molar-refractivity contribution in [2.24, 2.45) is 5.92 Å². The summed E-state index contributed by atoms with van der Waals surface area (Å²) in [7, 11) is 0. The van der Waals surface area contributed by atoms with Crippen LogP contribution in [0.5, 0.6) is 0 Å². The second kappa shape index (κ2) is 7.04. The van der Waals surface area contributed by atoms with Gasteiger partial charge in [0.05, 0.1) is 6.10 Å². The fourth-order valence-electron chi connectivity index (χ4n) is 4.02. The van der Waals surface area contributed by atoms with Crippen LogP contribution in [-0.2, 0) is 9.53 Å². The Kier molecular flexibility index (Phi) is 4.58. The SMILES string of the molecule is O=C(NC(C(=O)O)C1CCC1O)OCC1c2ccccc2-c2ccccc21. The number of amides is 1. The molecule has 6 nitrogen and oxygen atoms in total. The molecule has 140 valence electrons. The third-order valence-electron chi connectivity index (χ3n) is 5.60. The van der Waals surface area contributed by atoms with Gasteiger partial charge in [0.25, 0.3) is 0 Å². The zero-order chi connectivity index (χ0) is 19.0. The van der Waals surface area contributed by atoms with Gasteiger partial charge in [-0.3, -0.25) is 0 Å². The Hall–Kier alpha value is -2.86. The molecule has 0 saturated heterocycles. The molecule has 1 fully saturated rings. The number of nitrogens with one attached hydrogen (secondary N) is 1. The monoisotopic (exact) mass is 367 g/mol.